The molecule has 3 aromatic carbocycles. The third-order valence-corrected chi connectivity index (χ3v) is 6.85. The van der Waals surface area contributed by atoms with E-state index in [9.17, 15) is 23.1 Å². The molecule has 1 saturated heterocycles. The summed E-state index contributed by atoms with van der Waals surface area (Å²) in [7, 11) is 3.12. The Morgan fingerprint density at radius 2 is 1.34 bits per heavy atom. The number of aliphatic hydroxyl groups is 1. The highest BCUT2D eigenvalue weighted by atomic mass is 19.4. The molecule has 6 nitrogen and oxygen atoms in total. The minimum Gasteiger partial charge on any atom is -0.497 e. The number of halogens is 3. The molecule has 0 bridgehead atoms. The van der Waals surface area contributed by atoms with E-state index in [2.05, 4.69) is 0 Å². The van der Waals surface area contributed by atoms with E-state index in [1.54, 1.807) is 38.5 Å². The highest BCUT2D eigenvalue weighted by Crippen LogP contribution is 2.42. The number of alkyl halides is 3. The van der Waals surface area contributed by atoms with Crippen LogP contribution in [0.15, 0.2) is 78.9 Å². The van der Waals surface area contributed by atoms with Gasteiger partial charge >= 0.3 is 12.1 Å². The number of β-amino-alcohol motifs (C(OH)–C–C–N with tert-alkyl or cyclic N) is 1. The fourth-order valence-corrected chi connectivity index (χ4v) is 4.89. The first kappa shape index (κ1) is 27.5. The number of benzene rings is 3. The van der Waals surface area contributed by atoms with E-state index < -0.39 is 36.4 Å². The molecule has 1 amide bonds. The van der Waals surface area contributed by atoms with E-state index in [1.807, 2.05) is 54.6 Å². The number of carbonyl (C=O) groups is 1. The van der Waals surface area contributed by atoms with Gasteiger partial charge in [0.1, 0.15) is 17.1 Å². The summed E-state index contributed by atoms with van der Waals surface area (Å²) in [5.41, 5.74) is 0.960. The second kappa shape index (κ2) is 11.4. The van der Waals surface area contributed by atoms with Crippen molar-refractivity contribution < 1.29 is 37.3 Å². The molecule has 3 aromatic rings. The van der Waals surface area contributed by atoms with Crippen molar-refractivity contribution in [1.29, 1.82) is 0 Å². The number of amides is 1. The minimum absolute atomic E-state index is 0.166. The molecule has 1 aliphatic heterocycles. The smallest absolute Gasteiger partial charge is 0.471 e. The molecule has 0 spiro atoms. The molecule has 1 aliphatic rings. The molecule has 0 aromatic heterocycles. The molecule has 0 aliphatic carbocycles. The fraction of sp³-hybridized carbons (Fsp3) is 0.345. The van der Waals surface area contributed by atoms with Crippen molar-refractivity contribution in [3.05, 3.63) is 95.6 Å². The van der Waals surface area contributed by atoms with Crippen molar-refractivity contribution in [3.8, 4) is 11.5 Å². The van der Waals surface area contributed by atoms with Gasteiger partial charge in [-0.3, -0.25) is 4.79 Å². The molecular formula is C29H30F3NO5. The van der Waals surface area contributed by atoms with Crippen LogP contribution in [0.2, 0.25) is 0 Å². The first-order valence-electron chi connectivity index (χ1n) is 12.2. The molecular weight excluding hydrogens is 499 g/mol. The maximum Gasteiger partial charge on any atom is 0.471 e. The molecule has 1 heterocycles. The summed E-state index contributed by atoms with van der Waals surface area (Å²) >= 11 is 0. The van der Waals surface area contributed by atoms with Crippen molar-refractivity contribution in [2.45, 2.75) is 36.8 Å². The van der Waals surface area contributed by atoms with E-state index in [0.29, 0.717) is 16.4 Å². The van der Waals surface area contributed by atoms with Gasteiger partial charge in [-0.05, 0) is 53.8 Å². The van der Waals surface area contributed by atoms with Gasteiger partial charge in [0.05, 0.1) is 33.0 Å². The average Bonchev–Trinajstić information content (AvgIpc) is 2.94. The fourth-order valence-electron chi connectivity index (χ4n) is 4.89. The van der Waals surface area contributed by atoms with Crippen LogP contribution in [0, 0.1) is 0 Å². The summed E-state index contributed by atoms with van der Waals surface area (Å²) in [4.78, 5) is 12.9. The average molecular weight is 530 g/mol. The zero-order chi connectivity index (χ0) is 27.3. The van der Waals surface area contributed by atoms with Gasteiger partial charge in [-0.2, -0.15) is 13.2 Å². The summed E-state index contributed by atoms with van der Waals surface area (Å²) in [5.74, 6) is -0.716. The van der Waals surface area contributed by atoms with Gasteiger partial charge in [-0.1, -0.05) is 54.6 Å². The largest absolute Gasteiger partial charge is 0.497 e. The standard InChI is InChI=1S/C29H30F3NO5/c1-36-25-14-8-21(9-15-25)28(20-6-4-3-5-7-20,22-10-16-26(37-2)17-11-22)38-19-23-12-13-24(34)18-33(23)27(35)29(30,31)32/h3-11,14-17,23-24,34H,12-13,18-19H2,1-2H3/t23-,24-/m1/s1. The molecule has 202 valence electrons. The van der Waals surface area contributed by atoms with E-state index in [0.717, 1.165) is 16.7 Å². The molecule has 2 atom stereocenters. The van der Waals surface area contributed by atoms with Crippen molar-refractivity contribution in [2.24, 2.45) is 0 Å². The Morgan fingerprint density at radius 1 is 0.842 bits per heavy atom. The molecule has 1 N–H and O–H groups in total. The lowest BCUT2D eigenvalue weighted by Crippen LogP contribution is -2.55. The first-order valence-corrected chi connectivity index (χ1v) is 12.2. The highest BCUT2D eigenvalue weighted by molar-refractivity contribution is 5.82. The van der Waals surface area contributed by atoms with Gasteiger partial charge in [0.15, 0.2) is 0 Å². The second-order valence-electron chi connectivity index (χ2n) is 9.16. The van der Waals surface area contributed by atoms with Crippen LogP contribution in [0.1, 0.15) is 29.5 Å². The van der Waals surface area contributed by atoms with E-state index in [1.165, 1.54) is 0 Å². The van der Waals surface area contributed by atoms with E-state index in [-0.39, 0.29) is 19.4 Å². The number of nitrogens with zero attached hydrogens (tertiary/aromatic N) is 1. The predicted molar refractivity (Wildman–Crippen MR) is 135 cm³/mol. The Hall–Kier alpha value is -3.56. The van der Waals surface area contributed by atoms with Gasteiger partial charge in [0, 0.05) is 6.54 Å². The molecule has 0 unspecified atom stereocenters. The molecule has 0 saturated carbocycles. The Labute approximate surface area is 219 Å². The number of likely N-dealkylation sites (tertiary alicyclic amines) is 1. The zero-order valence-electron chi connectivity index (χ0n) is 21.1. The monoisotopic (exact) mass is 529 g/mol. The number of methoxy groups -OCH3 is 2. The van der Waals surface area contributed by atoms with Gasteiger partial charge in [0.2, 0.25) is 0 Å². The lowest BCUT2D eigenvalue weighted by Gasteiger charge is -2.42. The van der Waals surface area contributed by atoms with Crippen molar-refractivity contribution in [2.75, 3.05) is 27.4 Å². The van der Waals surface area contributed by atoms with Crippen LogP contribution in [-0.4, -0.2) is 61.6 Å². The van der Waals surface area contributed by atoms with Crippen LogP contribution in [0.3, 0.4) is 0 Å². The SMILES string of the molecule is COc1ccc(C(OC[C@H]2CC[C@@H](O)CN2C(=O)C(F)(F)F)(c2ccccc2)c2ccc(OC)cc2)cc1. The number of carbonyl (C=O) groups excluding carboxylic acids is 1. The summed E-state index contributed by atoms with van der Waals surface area (Å²) in [6, 6.07) is 23.0. The minimum atomic E-state index is -5.06. The quantitative estimate of drug-likeness (QED) is 0.420. The first-order chi connectivity index (χ1) is 18.2. The van der Waals surface area contributed by atoms with Crippen molar-refractivity contribution >= 4 is 5.91 Å². The van der Waals surface area contributed by atoms with Gasteiger partial charge in [0.25, 0.3) is 0 Å². The van der Waals surface area contributed by atoms with E-state index >= 15 is 0 Å². The number of rotatable bonds is 8. The Balaban J connectivity index is 1.81. The van der Waals surface area contributed by atoms with E-state index in [4.69, 9.17) is 14.2 Å². The third kappa shape index (κ3) is 5.63. The van der Waals surface area contributed by atoms with Gasteiger partial charge < -0.3 is 24.2 Å². The van der Waals surface area contributed by atoms with Crippen LogP contribution in [0.4, 0.5) is 13.2 Å². The summed E-state index contributed by atoms with van der Waals surface area (Å²) in [6.45, 7) is -0.600. The van der Waals surface area contributed by atoms with Crippen molar-refractivity contribution in [3.63, 3.8) is 0 Å². The molecule has 9 heteroatoms. The predicted octanol–water partition coefficient (Wildman–Crippen LogP) is 4.93. The van der Waals surface area contributed by atoms with Gasteiger partial charge in [-0.25, -0.2) is 0 Å². The Bertz CT molecular complexity index is 1150. The number of hydrogen-bond donors (Lipinski definition) is 1. The second-order valence-corrected chi connectivity index (χ2v) is 9.16. The lowest BCUT2D eigenvalue weighted by molar-refractivity contribution is -0.193. The summed E-state index contributed by atoms with van der Waals surface area (Å²) in [5, 5.41) is 10.0. The van der Waals surface area contributed by atoms with Crippen LogP contribution < -0.4 is 9.47 Å². The molecule has 38 heavy (non-hydrogen) atoms. The number of piperidine rings is 1. The molecule has 1 fully saturated rings. The highest BCUT2D eigenvalue weighted by Gasteiger charge is 2.47. The molecule has 0 radical (unpaired) electrons. The maximum absolute atomic E-state index is 13.4. The Kier molecular flexibility index (Phi) is 8.28. The number of aliphatic hydroxyl groups excluding tert-OH is 1. The maximum atomic E-state index is 13.4. The summed E-state index contributed by atoms with van der Waals surface area (Å²) in [6.07, 6.45) is -5.66. The topological polar surface area (TPSA) is 68.2 Å². The Morgan fingerprint density at radius 3 is 1.82 bits per heavy atom. The normalized spacial score (nSPS) is 18.2. The number of ether oxygens (including phenoxy) is 3. The zero-order valence-corrected chi connectivity index (χ0v) is 21.1. The van der Waals surface area contributed by atoms with Crippen LogP contribution in [0.5, 0.6) is 11.5 Å². The van der Waals surface area contributed by atoms with Gasteiger partial charge in [-0.15, -0.1) is 0 Å². The lowest BCUT2D eigenvalue weighted by atomic mass is 9.80. The van der Waals surface area contributed by atoms with Crippen molar-refractivity contribution in [1.82, 2.24) is 4.90 Å². The molecule has 4 rings (SSSR count). The van der Waals surface area contributed by atoms with Crippen LogP contribution in [-0.2, 0) is 15.1 Å². The number of hydrogen-bond acceptors (Lipinski definition) is 5. The summed E-state index contributed by atoms with van der Waals surface area (Å²) < 4.78 is 57.6. The van der Waals surface area contributed by atoms with Crippen LogP contribution >= 0.6 is 0 Å². The van der Waals surface area contributed by atoms with Crippen LogP contribution in [0.25, 0.3) is 0 Å². The third-order valence-electron chi connectivity index (χ3n) is 6.85.